The normalized spacial score (nSPS) is 10.3. The largest absolute Gasteiger partial charge is 0.391 e. The summed E-state index contributed by atoms with van der Waals surface area (Å²) in [6, 6.07) is 10.1. The molecule has 1 N–H and O–H groups in total. The zero-order chi connectivity index (χ0) is 11.5. The lowest BCUT2D eigenvalue weighted by molar-refractivity contribution is -0.384. The fourth-order valence-electron chi connectivity index (χ4n) is 1.37. The third-order valence-electron chi connectivity index (χ3n) is 2.18. The molecule has 0 unspecified atom stereocenters. The first kappa shape index (κ1) is 10.8. The molecular weight excluding hydrogens is 226 g/mol. The molecule has 0 spiro atoms. The molecule has 5 heteroatoms. The first-order valence-corrected chi connectivity index (χ1v) is 5.47. The molecule has 1 heterocycles. The monoisotopic (exact) mass is 235 g/mol. The molecule has 0 radical (unpaired) electrons. The van der Waals surface area contributed by atoms with Crippen molar-refractivity contribution in [1.82, 2.24) is 0 Å². The Labute approximate surface area is 95.9 Å². The number of hydrogen-bond donors (Lipinski definition) is 1. The van der Waals surface area contributed by atoms with Crippen LogP contribution in [0.25, 0.3) is 10.4 Å². The van der Waals surface area contributed by atoms with Crippen molar-refractivity contribution in [3.05, 3.63) is 51.4 Å². The molecule has 0 saturated carbocycles. The first-order chi connectivity index (χ1) is 7.70. The molecule has 1 aromatic carbocycles. The van der Waals surface area contributed by atoms with Crippen LogP contribution in [0.3, 0.4) is 0 Å². The summed E-state index contributed by atoms with van der Waals surface area (Å²) in [6.07, 6.45) is 0. The summed E-state index contributed by atoms with van der Waals surface area (Å²) in [4.78, 5) is 11.9. The van der Waals surface area contributed by atoms with Crippen molar-refractivity contribution < 1.29 is 10.0 Å². The maximum atomic E-state index is 10.5. The number of aliphatic hydroxyl groups is 1. The molecular formula is C11H9NO3S. The van der Waals surface area contributed by atoms with Gasteiger partial charge in [0, 0.05) is 21.9 Å². The lowest BCUT2D eigenvalue weighted by Crippen LogP contribution is -1.86. The molecule has 0 amide bonds. The van der Waals surface area contributed by atoms with Gasteiger partial charge in [0.15, 0.2) is 0 Å². The molecule has 0 atom stereocenters. The molecule has 0 aliphatic heterocycles. The highest BCUT2D eigenvalue weighted by Crippen LogP contribution is 2.29. The Morgan fingerprint density at radius 2 is 1.88 bits per heavy atom. The minimum absolute atomic E-state index is 0.0254. The molecule has 82 valence electrons. The zero-order valence-electron chi connectivity index (χ0n) is 8.29. The van der Waals surface area contributed by atoms with Crippen LogP contribution >= 0.6 is 11.3 Å². The second-order valence-corrected chi connectivity index (χ2v) is 4.40. The van der Waals surface area contributed by atoms with Gasteiger partial charge in [0.1, 0.15) is 0 Å². The Hall–Kier alpha value is -1.72. The van der Waals surface area contributed by atoms with Crippen LogP contribution < -0.4 is 0 Å². The molecule has 0 saturated heterocycles. The highest BCUT2D eigenvalue weighted by Gasteiger charge is 2.06. The smallest absolute Gasteiger partial charge is 0.269 e. The second-order valence-electron chi connectivity index (χ2n) is 3.23. The first-order valence-electron chi connectivity index (χ1n) is 4.65. The predicted molar refractivity (Wildman–Crippen MR) is 62.3 cm³/mol. The number of aliphatic hydroxyl groups excluding tert-OH is 1. The summed E-state index contributed by atoms with van der Waals surface area (Å²) in [5.74, 6) is 0. The van der Waals surface area contributed by atoms with E-state index in [2.05, 4.69) is 0 Å². The van der Waals surface area contributed by atoms with Crippen LogP contribution in [0.5, 0.6) is 0 Å². The summed E-state index contributed by atoms with van der Waals surface area (Å²) in [5.41, 5.74) is 1.01. The quantitative estimate of drug-likeness (QED) is 0.657. The summed E-state index contributed by atoms with van der Waals surface area (Å²) in [7, 11) is 0. The highest BCUT2D eigenvalue weighted by atomic mass is 32.1. The van der Waals surface area contributed by atoms with Gasteiger partial charge in [-0.2, -0.15) is 0 Å². The Morgan fingerprint density at radius 3 is 2.38 bits per heavy atom. The van der Waals surface area contributed by atoms with Gasteiger partial charge in [0.2, 0.25) is 0 Å². The van der Waals surface area contributed by atoms with Crippen molar-refractivity contribution in [1.29, 1.82) is 0 Å². The predicted octanol–water partition coefficient (Wildman–Crippen LogP) is 2.82. The molecule has 0 bridgehead atoms. The lowest BCUT2D eigenvalue weighted by Gasteiger charge is -1.96. The van der Waals surface area contributed by atoms with Gasteiger partial charge in [-0.15, -0.1) is 11.3 Å². The van der Waals surface area contributed by atoms with Gasteiger partial charge < -0.3 is 5.11 Å². The number of thiophene rings is 1. The average molecular weight is 235 g/mol. The van der Waals surface area contributed by atoms with E-state index in [1.54, 1.807) is 12.1 Å². The molecule has 1 aromatic heterocycles. The van der Waals surface area contributed by atoms with Crippen molar-refractivity contribution in [2.75, 3.05) is 0 Å². The number of hydrogen-bond acceptors (Lipinski definition) is 4. The van der Waals surface area contributed by atoms with E-state index in [0.29, 0.717) is 0 Å². The third-order valence-corrected chi connectivity index (χ3v) is 3.30. The topological polar surface area (TPSA) is 63.4 Å². The van der Waals surface area contributed by atoms with Crippen LogP contribution in [-0.4, -0.2) is 10.0 Å². The van der Waals surface area contributed by atoms with E-state index < -0.39 is 4.92 Å². The molecule has 0 aliphatic carbocycles. The summed E-state index contributed by atoms with van der Waals surface area (Å²) >= 11 is 1.48. The standard InChI is InChI=1S/C11H9NO3S/c13-7-10-5-6-11(16-10)8-1-3-9(4-2-8)12(14)15/h1-6,13H,7H2. The van der Waals surface area contributed by atoms with Gasteiger partial charge in [-0.25, -0.2) is 0 Å². The van der Waals surface area contributed by atoms with Crippen LogP contribution in [0, 0.1) is 10.1 Å². The van der Waals surface area contributed by atoms with E-state index >= 15 is 0 Å². The molecule has 4 nitrogen and oxygen atoms in total. The van der Waals surface area contributed by atoms with E-state index in [0.717, 1.165) is 15.3 Å². The van der Waals surface area contributed by atoms with Gasteiger partial charge in [-0.05, 0) is 29.8 Å². The zero-order valence-corrected chi connectivity index (χ0v) is 9.11. The van der Waals surface area contributed by atoms with Gasteiger partial charge >= 0.3 is 0 Å². The average Bonchev–Trinajstić information content (AvgIpc) is 2.77. The van der Waals surface area contributed by atoms with Crippen LogP contribution in [0.2, 0.25) is 0 Å². The molecule has 0 aliphatic rings. The van der Waals surface area contributed by atoms with Crippen molar-refractivity contribution in [3.63, 3.8) is 0 Å². The van der Waals surface area contributed by atoms with Crippen molar-refractivity contribution >= 4 is 17.0 Å². The van der Waals surface area contributed by atoms with Crippen LogP contribution in [0.15, 0.2) is 36.4 Å². The minimum Gasteiger partial charge on any atom is -0.391 e. The lowest BCUT2D eigenvalue weighted by atomic mass is 10.2. The fraction of sp³-hybridized carbons (Fsp3) is 0.0909. The Morgan fingerprint density at radius 1 is 1.19 bits per heavy atom. The molecule has 2 aromatic rings. The summed E-state index contributed by atoms with van der Waals surface area (Å²) < 4.78 is 0. The van der Waals surface area contributed by atoms with E-state index in [1.807, 2.05) is 12.1 Å². The Balaban J connectivity index is 2.30. The summed E-state index contributed by atoms with van der Waals surface area (Å²) in [5, 5.41) is 19.4. The van der Waals surface area contributed by atoms with Crippen LogP contribution in [-0.2, 0) is 6.61 Å². The number of benzene rings is 1. The van der Waals surface area contributed by atoms with E-state index in [4.69, 9.17) is 5.11 Å². The fourth-order valence-corrected chi connectivity index (χ4v) is 2.24. The maximum absolute atomic E-state index is 10.5. The van der Waals surface area contributed by atoms with Crippen molar-refractivity contribution in [2.45, 2.75) is 6.61 Å². The number of rotatable bonds is 3. The van der Waals surface area contributed by atoms with Gasteiger partial charge in [0.25, 0.3) is 5.69 Å². The number of non-ortho nitro benzene ring substituents is 1. The SMILES string of the molecule is O=[N+]([O-])c1ccc(-c2ccc(CO)s2)cc1. The van der Waals surface area contributed by atoms with Gasteiger partial charge in [0.05, 0.1) is 11.5 Å². The van der Waals surface area contributed by atoms with Gasteiger partial charge in [-0.1, -0.05) is 0 Å². The Bertz CT molecular complexity index is 504. The summed E-state index contributed by atoms with van der Waals surface area (Å²) in [6.45, 7) is 0.0254. The van der Waals surface area contributed by atoms with E-state index in [-0.39, 0.29) is 12.3 Å². The van der Waals surface area contributed by atoms with Crippen molar-refractivity contribution in [2.24, 2.45) is 0 Å². The molecule has 16 heavy (non-hydrogen) atoms. The van der Waals surface area contributed by atoms with Gasteiger partial charge in [-0.3, -0.25) is 10.1 Å². The molecule has 2 rings (SSSR count). The van der Waals surface area contributed by atoms with E-state index in [9.17, 15) is 10.1 Å². The highest BCUT2D eigenvalue weighted by molar-refractivity contribution is 7.15. The second kappa shape index (κ2) is 4.42. The van der Waals surface area contributed by atoms with E-state index in [1.165, 1.54) is 23.5 Å². The van der Waals surface area contributed by atoms with Crippen molar-refractivity contribution in [3.8, 4) is 10.4 Å². The minimum atomic E-state index is -0.419. The Kier molecular flexibility index (Phi) is 2.98. The number of nitro benzene ring substituents is 1. The van der Waals surface area contributed by atoms with Crippen LogP contribution in [0.4, 0.5) is 5.69 Å². The number of nitro groups is 1. The third kappa shape index (κ3) is 2.10. The van der Waals surface area contributed by atoms with Crippen LogP contribution in [0.1, 0.15) is 4.88 Å². The number of nitrogens with zero attached hydrogens (tertiary/aromatic N) is 1. The molecule has 0 fully saturated rings. The maximum Gasteiger partial charge on any atom is 0.269 e.